The summed E-state index contributed by atoms with van der Waals surface area (Å²) in [4.78, 5) is 36.1. The second kappa shape index (κ2) is 10.7. The van der Waals surface area contributed by atoms with E-state index in [1.54, 1.807) is 10.7 Å². The van der Waals surface area contributed by atoms with Gasteiger partial charge in [0.2, 0.25) is 5.79 Å². The summed E-state index contributed by atoms with van der Waals surface area (Å²) in [6, 6.07) is 1.42. The number of carbonyl (C=O) groups is 2. The van der Waals surface area contributed by atoms with E-state index < -0.39 is 31.1 Å². The maximum Gasteiger partial charge on any atom is 0.324 e. The minimum atomic E-state index is -2.90. The fourth-order valence-electron chi connectivity index (χ4n) is 3.33. The van der Waals surface area contributed by atoms with E-state index in [0.29, 0.717) is 4.90 Å². The Morgan fingerprint density at radius 2 is 2.12 bits per heavy atom. The summed E-state index contributed by atoms with van der Waals surface area (Å²) in [6.07, 6.45) is 4.50. The number of carbonyl (C=O) groups excluding carboxylic acids is 2. The minimum Gasteiger partial charge on any atom is -0.493 e. The quantitative estimate of drug-likeness (QED) is 0.559. The first-order valence-corrected chi connectivity index (χ1v) is 10.8. The summed E-state index contributed by atoms with van der Waals surface area (Å²) in [5, 5.41) is 3.41. The van der Waals surface area contributed by atoms with Crippen molar-refractivity contribution >= 4 is 40.6 Å². The van der Waals surface area contributed by atoms with Crippen molar-refractivity contribution in [3.8, 4) is 0 Å². The molecular formula is C21H23ClFN5O4S. The molecule has 2 aromatic rings. The Labute approximate surface area is 203 Å². The molecule has 176 valence electrons. The Hall–Kier alpha value is -3.02. The molecule has 0 aromatic carbocycles. The minimum absolute atomic E-state index is 0.00451. The number of anilines is 1. The third kappa shape index (κ3) is 5.15. The van der Waals surface area contributed by atoms with Gasteiger partial charge in [-0.3, -0.25) is 14.7 Å². The van der Waals surface area contributed by atoms with Crippen molar-refractivity contribution in [1.82, 2.24) is 20.2 Å². The fraction of sp³-hybridized carbons (Fsp3) is 0.333. The van der Waals surface area contributed by atoms with Crippen LogP contribution in [0.5, 0.6) is 0 Å². The zero-order chi connectivity index (χ0) is 26.5. The van der Waals surface area contributed by atoms with Crippen LogP contribution in [0.1, 0.15) is 20.3 Å². The lowest BCUT2D eigenvalue weighted by Gasteiger charge is -2.39. The number of nitrogens with one attached hydrogen (secondary N) is 1. The molecule has 1 aliphatic rings. The van der Waals surface area contributed by atoms with Gasteiger partial charge in [0, 0.05) is 61.2 Å². The normalized spacial score (nSPS) is 19.6. The number of thiazole rings is 1. The van der Waals surface area contributed by atoms with Gasteiger partial charge in [0.05, 0.1) is 30.1 Å². The summed E-state index contributed by atoms with van der Waals surface area (Å²) in [5.74, 6) is -3.27. The second-order valence-electron chi connectivity index (χ2n) is 6.72. The maximum atomic E-state index is 16.9. The molecule has 0 spiro atoms. The summed E-state index contributed by atoms with van der Waals surface area (Å²) in [6.45, 7) is -2.84. The smallest absolute Gasteiger partial charge is 0.324 e. The van der Waals surface area contributed by atoms with Crippen LogP contribution in [0.2, 0.25) is 0 Å². The van der Waals surface area contributed by atoms with Gasteiger partial charge in [0.15, 0.2) is 10.8 Å². The highest BCUT2D eigenvalue weighted by Crippen LogP contribution is 2.42. The van der Waals surface area contributed by atoms with E-state index in [9.17, 15) is 9.59 Å². The van der Waals surface area contributed by atoms with Crippen LogP contribution in [0.4, 0.5) is 14.9 Å². The topological polar surface area (TPSA) is 96.9 Å². The van der Waals surface area contributed by atoms with Crippen LogP contribution in [0.25, 0.3) is 0 Å². The van der Waals surface area contributed by atoms with Crippen LogP contribution in [0.15, 0.2) is 58.7 Å². The van der Waals surface area contributed by atoms with Gasteiger partial charge in [-0.2, -0.15) is 0 Å². The van der Waals surface area contributed by atoms with Gasteiger partial charge in [0.25, 0.3) is 5.91 Å². The first-order valence-electron chi connectivity index (χ1n) is 11.1. The van der Waals surface area contributed by atoms with Crippen LogP contribution < -0.4 is 10.2 Å². The van der Waals surface area contributed by atoms with E-state index >= 15 is 4.39 Å². The highest BCUT2D eigenvalue weighted by atomic mass is 35.5. The Morgan fingerprint density at radius 3 is 2.73 bits per heavy atom. The molecule has 0 aliphatic heterocycles. The van der Waals surface area contributed by atoms with Gasteiger partial charge >= 0.3 is 6.03 Å². The van der Waals surface area contributed by atoms with Crippen LogP contribution in [0, 0.1) is 0 Å². The Morgan fingerprint density at radius 1 is 1.36 bits per heavy atom. The van der Waals surface area contributed by atoms with Crippen LogP contribution >= 0.6 is 22.9 Å². The molecule has 0 saturated heterocycles. The number of pyridine rings is 1. The van der Waals surface area contributed by atoms with Crippen molar-refractivity contribution in [1.29, 1.82) is 0 Å². The molecule has 3 rings (SSSR count). The van der Waals surface area contributed by atoms with Crippen molar-refractivity contribution in [3.63, 3.8) is 0 Å². The van der Waals surface area contributed by atoms with E-state index in [1.165, 1.54) is 49.8 Å². The molecule has 2 heterocycles. The average molecular weight is 499 g/mol. The van der Waals surface area contributed by atoms with E-state index in [4.69, 9.17) is 25.2 Å². The number of alkyl halides is 1. The van der Waals surface area contributed by atoms with Gasteiger partial charge in [-0.1, -0.05) is 11.6 Å². The van der Waals surface area contributed by atoms with Gasteiger partial charge in [0.1, 0.15) is 0 Å². The number of aromatic nitrogens is 2. The van der Waals surface area contributed by atoms with Crippen molar-refractivity contribution in [2.45, 2.75) is 12.2 Å². The van der Waals surface area contributed by atoms with E-state index in [-0.39, 0.29) is 40.3 Å². The third-order valence-corrected chi connectivity index (χ3v) is 5.78. The van der Waals surface area contributed by atoms with E-state index in [2.05, 4.69) is 9.97 Å². The summed E-state index contributed by atoms with van der Waals surface area (Å²) in [5.41, 5.74) is -0.0703. The molecule has 0 radical (unpaired) electrons. The lowest BCUT2D eigenvalue weighted by molar-refractivity contribution is 0.0735. The first kappa shape index (κ1) is 20.6. The van der Waals surface area contributed by atoms with Crippen LogP contribution in [-0.4, -0.2) is 66.9 Å². The highest BCUT2D eigenvalue weighted by Gasteiger charge is 2.45. The molecule has 1 aliphatic carbocycles. The van der Waals surface area contributed by atoms with Crippen LogP contribution in [-0.2, 0) is 9.47 Å². The zero-order valence-corrected chi connectivity index (χ0v) is 19.3. The number of nitrogens with zero attached hydrogens (tertiary/aromatic N) is 4. The molecule has 2 aromatic heterocycles. The summed E-state index contributed by atoms with van der Waals surface area (Å²) >= 11 is 7.53. The number of halogens is 2. The molecule has 0 fully saturated rings. The first-order chi connectivity index (χ1) is 17.0. The van der Waals surface area contributed by atoms with E-state index in [1.807, 2.05) is 0 Å². The van der Waals surface area contributed by atoms with Gasteiger partial charge < -0.3 is 19.7 Å². The van der Waals surface area contributed by atoms with Crippen molar-refractivity contribution in [2.75, 3.05) is 39.2 Å². The number of urea groups is 1. The third-order valence-electron chi connectivity index (χ3n) is 4.72. The molecule has 1 atom stereocenters. The molecule has 0 saturated carbocycles. The number of hydrogen-bond acceptors (Lipinski definition) is 7. The van der Waals surface area contributed by atoms with Crippen molar-refractivity contribution in [2.24, 2.45) is 0 Å². The number of ether oxygens (including phenoxy) is 2. The standard InChI is InChI=1S/C21H23ClFN5O4S/c1-24-20(30)28(14-4-6-25-7-5-14)21(23)12-15(22)17(32-3)16(13-21)27(9-10-31-2)19(29)18-26-8-11-33-18/h4-8,11,13H,9-10,12H2,1-3H3,(H,24,30)/i1D3. The van der Waals surface area contributed by atoms with Gasteiger partial charge in [-0.15, -0.1) is 11.3 Å². The molecular weight excluding hydrogens is 473 g/mol. The second-order valence-corrected chi connectivity index (χ2v) is 8.07. The monoisotopic (exact) mass is 498 g/mol. The largest absolute Gasteiger partial charge is 0.493 e. The Bertz CT molecular complexity index is 1150. The molecule has 0 bridgehead atoms. The molecule has 3 amide bonds. The lowest BCUT2D eigenvalue weighted by atomic mass is 9.99. The predicted octanol–water partition coefficient (Wildman–Crippen LogP) is 3.52. The Kier molecular flexibility index (Phi) is 6.69. The maximum absolute atomic E-state index is 16.9. The molecule has 1 N–H and O–H groups in total. The zero-order valence-electron chi connectivity index (χ0n) is 20.7. The number of hydrogen-bond donors (Lipinski definition) is 1. The van der Waals surface area contributed by atoms with Crippen molar-refractivity contribution in [3.05, 3.63) is 63.7 Å². The number of methoxy groups -OCH3 is 2. The molecule has 12 heteroatoms. The fourth-order valence-corrected chi connectivity index (χ4v) is 4.28. The highest BCUT2D eigenvalue weighted by molar-refractivity contribution is 7.11. The molecule has 1 unspecified atom stereocenters. The number of rotatable bonds is 8. The van der Waals surface area contributed by atoms with Crippen molar-refractivity contribution < 1.29 is 27.6 Å². The summed E-state index contributed by atoms with van der Waals surface area (Å²) in [7, 11) is 2.74. The average Bonchev–Trinajstić information content (AvgIpc) is 3.33. The Balaban J connectivity index is 2.17. The van der Waals surface area contributed by atoms with Crippen LogP contribution in [0.3, 0.4) is 0 Å². The van der Waals surface area contributed by atoms with Gasteiger partial charge in [-0.05, 0) is 12.1 Å². The predicted molar refractivity (Wildman–Crippen MR) is 123 cm³/mol. The number of amides is 3. The lowest BCUT2D eigenvalue weighted by Crippen LogP contribution is -2.53. The van der Waals surface area contributed by atoms with E-state index in [0.717, 1.165) is 17.4 Å². The SMILES string of the molecule is [2H]C([2H])([2H])NC(=O)N(c1ccncc1)C1(F)C=C(N(CCOC)C(=O)c2nccs2)C(OC)=C(Cl)C1. The molecule has 33 heavy (non-hydrogen) atoms. The van der Waals surface area contributed by atoms with Gasteiger partial charge in [-0.25, -0.2) is 14.2 Å². The summed E-state index contributed by atoms with van der Waals surface area (Å²) < 4.78 is 49.6. The molecule has 9 nitrogen and oxygen atoms in total.